The number of ether oxygens (including phenoxy) is 2. The lowest BCUT2D eigenvalue weighted by Crippen LogP contribution is -2.03. The monoisotopic (exact) mass is 387 g/mol. The number of esters is 1. The number of thioether (sulfide) groups is 1. The molecule has 0 saturated heterocycles. The van der Waals surface area contributed by atoms with Gasteiger partial charge in [-0.15, -0.1) is 11.8 Å². The number of aryl methyl sites for hydroxylation is 2. The molecule has 1 aromatic heterocycles. The molecular formula is C21H25NO4S. The first kappa shape index (κ1) is 21.1. The highest BCUT2D eigenvalue weighted by Gasteiger charge is 2.11. The maximum atomic E-state index is 10.9. The van der Waals surface area contributed by atoms with Crippen molar-refractivity contribution in [3.8, 4) is 23.3 Å². The summed E-state index contributed by atoms with van der Waals surface area (Å²) in [4.78, 5) is 15.5. The van der Waals surface area contributed by atoms with Crippen molar-refractivity contribution < 1.29 is 18.7 Å². The summed E-state index contributed by atoms with van der Waals surface area (Å²) in [7, 11) is 1.38. The van der Waals surface area contributed by atoms with Gasteiger partial charge in [-0.05, 0) is 31.0 Å². The highest BCUT2D eigenvalue weighted by atomic mass is 32.2. The summed E-state index contributed by atoms with van der Waals surface area (Å²) in [5.41, 5.74) is 3.18. The summed E-state index contributed by atoms with van der Waals surface area (Å²) in [6.07, 6.45) is 1.70. The first-order valence-electron chi connectivity index (χ1n) is 8.87. The van der Waals surface area contributed by atoms with Gasteiger partial charge in [-0.3, -0.25) is 4.79 Å². The molecule has 2 aromatic rings. The fourth-order valence-corrected chi connectivity index (χ4v) is 2.90. The van der Waals surface area contributed by atoms with Gasteiger partial charge in [-0.1, -0.05) is 30.9 Å². The van der Waals surface area contributed by atoms with Crippen LogP contribution in [0.1, 0.15) is 23.9 Å². The minimum absolute atomic E-state index is 0.235. The molecule has 0 aliphatic heterocycles. The van der Waals surface area contributed by atoms with Crippen LogP contribution in [0.5, 0.6) is 0 Å². The Kier molecular flexibility index (Phi) is 8.96. The molecule has 0 saturated carbocycles. The normalized spacial score (nSPS) is 10.3. The fourth-order valence-electron chi connectivity index (χ4n) is 2.30. The molecular weight excluding hydrogens is 362 g/mol. The second-order valence-electron chi connectivity index (χ2n) is 5.80. The third kappa shape index (κ3) is 7.12. The molecule has 1 heterocycles. The van der Waals surface area contributed by atoms with Crippen LogP contribution >= 0.6 is 11.8 Å². The Morgan fingerprint density at radius 2 is 2.04 bits per heavy atom. The van der Waals surface area contributed by atoms with Gasteiger partial charge in [0.2, 0.25) is 5.89 Å². The Bertz CT molecular complexity index is 787. The topological polar surface area (TPSA) is 61.6 Å². The van der Waals surface area contributed by atoms with E-state index in [1.54, 1.807) is 0 Å². The van der Waals surface area contributed by atoms with Gasteiger partial charge in [0, 0.05) is 12.0 Å². The molecule has 5 nitrogen and oxygen atoms in total. The molecule has 1 aromatic carbocycles. The molecule has 0 aliphatic carbocycles. The summed E-state index contributed by atoms with van der Waals surface area (Å²) in [6.45, 7) is 4.95. The molecule has 0 spiro atoms. The van der Waals surface area contributed by atoms with E-state index in [9.17, 15) is 4.79 Å². The van der Waals surface area contributed by atoms with Gasteiger partial charge in [0.05, 0.1) is 30.9 Å². The third-order valence-electron chi connectivity index (χ3n) is 3.91. The van der Waals surface area contributed by atoms with Gasteiger partial charge in [-0.2, -0.15) is 0 Å². The molecule has 0 fully saturated rings. The maximum Gasteiger partial charge on any atom is 0.315 e. The van der Waals surface area contributed by atoms with E-state index < -0.39 is 0 Å². The minimum atomic E-state index is -0.235. The van der Waals surface area contributed by atoms with Crippen molar-refractivity contribution in [1.82, 2.24) is 4.98 Å². The molecule has 0 radical (unpaired) electrons. The van der Waals surface area contributed by atoms with Gasteiger partial charge in [0.1, 0.15) is 12.4 Å². The summed E-state index contributed by atoms with van der Waals surface area (Å²) in [5.74, 6) is 8.02. The summed E-state index contributed by atoms with van der Waals surface area (Å²) in [5, 5.41) is 0. The van der Waals surface area contributed by atoms with Crippen LogP contribution in [0.4, 0.5) is 0 Å². The number of carbonyl (C=O) groups excluding carboxylic acids is 1. The molecule has 2 rings (SSSR count). The number of carbonyl (C=O) groups is 1. The van der Waals surface area contributed by atoms with Crippen molar-refractivity contribution in [2.75, 3.05) is 31.8 Å². The van der Waals surface area contributed by atoms with Gasteiger partial charge in [0.25, 0.3) is 0 Å². The highest BCUT2D eigenvalue weighted by Crippen LogP contribution is 2.22. The average molecular weight is 388 g/mol. The van der Waals surface area contributed by atoms with Crippen LogP contribution in [0.2, 0.25) is 0 Å². The highest BCUT2D eigenvalue weighted by molar-refractivity contribution is 8.00. The van der Waals surface area contributed by atoms with Gasteiger partial charge in [0.15, 0.2) is 0 Å². The number of benzene rings is 1. The number of methoxy groups -OCH3 is 1. The van der Waals surface area contributed by atoms with E-state index in [1.165, 1.54) is 24.4 Å². The molecule has 144 valence electrons. The average Bonchev–Trinajstić information content (AvgIpc) is 3.07. The van der Waals surface area contributed by atoms with Crippen LogP contribution in [0.3, 0.4) is 0 Å². The van der Waals surface area contributed by atoms with E-state index in [1.807, 2.05) is 19.1 Å². The molecule has 27 heavy (non-hydrogen) atoms. The lowest BCUT2D eigenvalue weighted by molar-refractivity contribution is -0.137. The van der Waals surface area contributed by atoms with Crippen molar-refractivity contribution in [3.05, 3.63) is 41.3 Å². The van der Waals surface area contributed by atoms with Crippen molar-refractivity contribution >= 4 is 17.7 Å². The molecule has 0 bridgehead atoms. The van der Waals surface area contributed by atoms with Crippen LogP contribution in [0.25, 0.3) is 11.5 Å². The Hall–Kier alpha value is -2.23. The van der Waals surface area contributed by atoms with E-state index >= 15 is 0 Å². The second kappa shape index (κ2) is 11.5. The van der Waals surface area contributed by atoms with Gasteiger partial charge < -0.3 is 13.9 Å². The standard InChI is InChI=1S/C21H25NO4S/c1-4-17-7-9-18(10-8-17)21-22-19(16(2)26-21)11-13-25-12-5-6-14-27-15-20(23)24-3/h7-10H,4,11-15H2,1-3H3. The van der Waals surface area contributed by atoms with Crippen molar-refractivity contribution in [3.63, 3.8) is 0 Å². The van der Waals surface area contributed by atoms with Crippen LogP contribution in [-0.4, -0.2) is 42.8 Å². The Morgan fingerprint density at radius 1 is 1.26 bits per heavy atom. The van der Waals surface area contributed by atoms with Crippen LogP contribution < -0.4 is 0 Å². The van der Waals surface area contributed by atoms with E-state index in [0.717, 1.165) is 23.4 Å². The van der Waals surface area contributed by atoms with E-state index in [2.05, 4.69) is 40.6 Å². The Balaban J connectivity index is 1.72. The summed E-state index contributed by atoms with van der Waals surface area (Å²) < 4.78 is 15.9. The van der Waals surface area contributed by atoms with Crippen LogP contribution in [0.15, 0.2) is 28.7 Å². The zero-order valence-electron chi connectivity index (χ0n) is 16.0. The maximum absolute atomic E-state index is 10.9. The van der Waals surface area contributed by atoms with E-state index in [-0.39, 0.29) is 5.97 Å². The molecule has 6 heteroatoms. The Morgan fingerprint density at radius 3 is 2.74 bits per heavy atom. The van der Waals surface area contributed by atoms with Crippen LogP contribution in [-0.2, 0) is 27.1 Å². The van der Waals surface area contributed by atoms with Gasteiger partial charge in [-0.25, -0.2) is 4.98 Å². The Labute approximate surface area is 164 Å². The predicted octanol–water partition coefficient (Wildman–Crippen LogP) is 3.68. The lowest BCUT2D eigenvalue weighted by Gasteiger charge is -1.98. The van der Waals surface area contributed by atoms with Gasteiger partial charge >= 0.3 is 5.97 Å². The summed E-state index contributed by atoms with van der Waals surface area (Å²) >= 11 is 1.43. The zero-order chi connectivity index (χ0) is 19.5. The largest absolute Gasteiger partial charge is 0.468 e. The number of aromatic nitrogens is 1. The molecule has 0 N–H and O–H groups in total. The predicted molar refractivity (Wildman–Crippen MR) is 108 cm³/mol. The summed E-state index contributed by atoms with van der Waals surface area (Å²) in [6, 6.07) is 8.27. The number of rotatable bonds is 9. The quantitative estimate of drug-likeness (QED) is 0.372. The smallest absolute Gasteiger partial charge is 0.315 e. The zero-order valence-corrected chi connectivity index (χ0v) is 16.9. The molecule has 0 unspecified atom stereocenters. The van der Waals surface area contributed by atoms with Crippen molar-refractivity contribution in [2.24, 2.45) is 0 Å². The molecule has 0 atom stereocenters. The SMILES string of the molecule is CCc1ccc(-c2nc(CCOCC#CCSCC(=O)OC)c(C)o2)cc1. The van der Waals surface area contributed by atoms with E-state index in [4.69, 9.17) is 9.15 Å². The number of hydrogen-bond donors (Lipinski definition) is 0. The van der Waals surface area contributed by atoms with Crippen LogP contribution in [0, 0.1) is 18.8 Å². The van der Waals surface area contributed by atoms with Crippen molar-refractivity contribution in [2.45, 2.75) is 26.7 Å². The third-order valence-corrected chi connectivity index (χ3v) is 4.69. The first-order valence-corrected chi connectivity index (χ1v) is 10.0. The minimum Gasteiger partial charge on any atom is -0.468 e. The number of hydrogen-bond acceptors (Lipinski definition) is 6. The number of nitrogens with zero attached hydrogens (tertiary/aromatic N) is 1. The molecule has 0 amide bonds. The second-order valence-corrected chi connectivity index (χ2v) is 6.78. The lowest BCUT2D eigenvalue weighted by atomic mass is 10.1. The number of oxazole rings is 1. The molecule has 0 aliphatic rings. The van der Waals surface area contributed by atoms with Crippen molar-refractivity contribution in [1.29, 1.82) is 0 Å². The first-order chi connectivity index (χ1) is 13.1. The van der Waals surface area contributed by atoms with E-state index in [0.29, 0.717) is 37.0 Å². The fraction of sp³-hybridized carbons (Fsp3) is 0.429.